The minimum absolute atomic E-state index is 0.148. The summed E-state index contributed by atoms with van der Waals surface area (Å²) in [6, 6.07) is 5.66. The van der Waals surface area contributed by atoms with E-state index in [2.05, 4.69) is 6.07 Å². The molecule has 1 aromatic carbocycles. The molecule has 0 fully saturated rings. The van der Waals surface area contributed by atoms with Crippen molar-refractivity contribution < 1.29 is 18.3 Å². The highest BCUT2D eigenvalue weighted by Crippen LogP contribution is 2.31. The summed E-state index contributed by atoms with van der Waals surface area (Å²) >= 11 is 0. The third-order valence-corrected chi connectivity index (χ3v) is 1.43. The van der Waals surface area contributed by atoms with E-state index in [1.165, 1.54) is 6.07 Å². The van der Waals surface area contributed by atoms with Crippen LogP contribution in [0.2, 0.25) is 0 Å². The lowest BCUT2D eigenvalue weighted by Crippen LogP contribution is -2.08. The number of alkyl halides is 3. The molecular weight excluding hydrogens is 169 g/mol. The summed E-state index contributed by atoms with van der Waals surface area (Å²) in [5, 5.41) is 8.56. The summed E-state index contributed by atoms with van der Waals surface area (Å²) in [6.07, 6.45) is -4.40. The van der Waals surface area contributed by atoms with Gasteiger partial charge in [0.25, 0.3) is 0 Å². The first kappa shape index (κ1) is 9.06. The standard InChI is InChI=1S/C8H6F3O/c9-8(10,11)7-4-2-1-3-6(7)5-12/h2-4,12H,5H2. The molecule has 65 valence electrons. The number of hydrogen-bond donors (Lipinski definition) is 1. The quantitative estimate of drug-likeness (QED) is 0.692. The lowest BCUT2D eigenvalue weighted by molar-refractivity contribution is -0.138. The van der Waals surface area contributed by atoms with Gasteiger partial charge in [0.1, 0.15) is 0 Å². The minimum atomic E-state index is -4.40. The summed E-state index contributed by atoms with van der Waals surface area (Å²) in [4.78, 5) is 0. The molecule has 0 amide bonds. The normalized spacial score (nSPS) is 11.7. The van der Waals surface area contributed by atoms with Crippen LogP contribution in [0.4, 0.5) is 13.2 Å². The van der Waals surface area contributed by atoms with Crippen LogP contribution in [0.5, 0.6) is 0 Å². The van der Waals surface area contributed by atoms with Crippen molar-refractivity contribution in [2.24, 2.45) is 0 Å². The van der Waals surface area contributed by atoms with E-state index in [4.69, 9.17) is 5.11 Å². The van der Waals surface area contributed by atoms with Crippen LogP contribution in [0.1, 0.15) is 11.1 Å². The second kappa shape index (κ2) is 3.15. The van der Waals surface area contributed by atoms with Crippen molar-refractivity contribution >= 4 is 0 Å². The molecule has 1 rings (SSSR count). The molecule has 1 radical (unpaired) electrons. The van der Waals surface area contributed by atoms with Crippen molar-refractivity contribution in [1.82, 2.24) is 0 Å². The molecule has 0 spiro atoms. The second-order valence-electron chi connectivity index (χ2n) is 2.24. The Kier molecular flexibility index (Phi) is 2.38. The molecule has 0 unspecified atom stereocenters. The van der Waals surface area contributed by atoms with Crippen LogP contribution in [0.3, 0.4) is 0 Å². The first-order chi connectivity index (χ1) is 5.55. The van der Waals surface area contributed by atoms with E-state index in [-0.39, 0.29) is 5.56 Å². The van der Waals surface area contributed by atoms with Gasteiger partial charge in [0.05, 0.1) is 12.2 Å². The molecule has 0 saturated heterocycles. The van der Waals surface area contributed by atoms with Crippen molar-refractivity contribution in [2.45, 2.75) is 12.8 Å². The van der Waals surface area contributed by atoms with Gasteiger partial charge in [0.15, 0.2) is 0 Å². The van der Waals surface area contributed by atoms with E-state index < -0.39 is 18.3 Å². The molecule has 0 aliphatic carbocycles. The Morgan fingerprint density at radius 2 is 2.08 bits per heavy atom. The van der Waals surface area contributed by atoms with Crippen molar-refractivity contribution in [3.05, 3.63) is 35.4 Å². The topological polar surface area (TPSA) is 20.2 Å². The van der Waals surface area contributed by atoms with Crippen LogP contribution in [0.15, 0.2) is 18.2 Å². The van der Waals surface area contributed by atoms with Gasteiger partial charge in [-0.1, -0.05) is 6.07 Å². The highest BCUT2D eigenvalue weighted by Gasteiger charge is 2.32. The van der Waals surface area contributed by atoms with Crippen molar-refractivity contribution in [3.8, 4) is 0 Å². The van der Waals surface area contributed by atoms with E-state index in [1.54, 1.807) is 0 Å². The third kappa shape index (κ3) is 1.76. The lowest BCUT2D eigenvalue weighted by Gasteiger charge is -2.09. The number of hydrogen-bond acceptors (Lipinski definition) is 1. The number of aliphatic hydroxyl groups is 1. The second-order valence-corrected chi connectivity index (χ2v) is 2.24. The summed E-state index contributed by atoms with van der Waals surface area (Å²) in [5.74, 6) is 0. The number of benzene rings is 1. The summed E-state index contributed by atoms with van der Waals surface area (Å²) in [6.45, 7) is -0.619. The zero-order chi connectivity index (χ0) is 9.19. The monoisotopic (exact) mass is 175 g/mol. The summed E-state index contributed by atoms with van der Waals surface area (Å²) in [5.41, 5.74) is -0.950. The van der Waals surface area contributed by atoms with Gasteiger partial charge >= 0.3 is 6.18 Å². The Balaban J connectivity index is 3.14. The molecule has 0 aliphatic rings. The van der Waals surface area contributed by atoms with Gasteiger partial charge in [-0.15, -0.1) is 0 Å². The van der Waals surface area contributed by atoms with E-state index >= 15 is 0 Å². The molecule has 0 saturated carbocycles. The van der Waals surface area contributed by atoms with E-state index in [9.17, 15) is 13.2 Å². The van der Waals surface area contributed by atoms with Crippen LogP contribution >= 0.6 is 0 Å². The van der Waals surface area contributed by atoms with Gasteiger partial charge in [-0.05, 0) is 23.8 Å². The Morgan fingerprint density at radius 3 is 2.50 bits per heavy atom. The fraction of sp³-hybridized carbons (Fsp3) is 0.250. The molecule has 12 heavy (non-hydrogen) atoms. The van der Waals surface area contributed by atoms with Crippen molar-refractivity contribution in [2.75, 3.05) is 0 Å². The molecular formula is C8H6F3O. The third-order valence-electron chi connectivity index (χ3n) is 1.43. The van der Waals surface area contributed by atoms with Gasteiger partial charge in [-0.3, -0.25) is 0 Å². The Labute approximate surface area is 67.5 Å². The van der Waals surface area contributed by atoms with Crippen molar-refractivity contribution in [1.29, 1.82) is 0 Å². The van der Waals surface area contributed by atoms with Gasteiger partial charge < -0.3 is 5.11 Å². The predicted octanol–water partition coefficient (Wildman–Crippen LogP) is 2.00. The molecule has 1 nitrogen and oxygen atoms in total. The zero-order valence-corrected chi connectivity index (χ0v) is 6.02. The van der Waals surface area contributed by atoms with Crippen LogP contribution in [0, 0.1) is 6.07 Å². The Morgan fingerprint density at radius 1 is 1.42 bits per heavy atom. The van der Waals surface area contributed by atoms with Gasteiger partial charge in [-0.25, -0.2) is 0 Å². The van der Waals surface area contributed by atoms with Crippen LogP contribution < -0.4 is 0 Å². The molecule has 0 heterocycles. The highest BCUT2D eigenvalue weighted by atomic mass is 19.4. The van der Waals surface area contributed by atoms with E-state index in [1.807, 2.05) is 0 Å². The fourth-order valence-electron chi connectivity index (χ4n) is 0.872. The Hall–Kier alpha value is -1.03. The number of aliphatic hydroxyl groups excluding tert-OH is 1. The maximum Gasteiger partial charge on any atom is 0.416 e. The van der Waals surface area contributed by atoms with Crippen LogP contribution in [0.25, 0.3) is 0 Å². The van der Waals surface area contributed by atoms with Gasteiger partial charge in [-0.2, -0.15) is 13.2 Å². The van der Waals surface area contributed by atoms with Crippen LogP contribution in [-0.4, -0.2) is 5.11 Å². The lowest BCUT2D eigenvalue weighted by atomic mass is 10.1. The molecule has 0 aromatic heterocycles. The average Bonchev–Trinajstić information content (AvgIpc) is 2.03. The van der Waals surface area contributed by atoms with E-state index in [0.29, 0.717) is 0 Å². The molecule has 1 N–H and O–H groups in total. The minimum Gasteiger partial charge on any atom is -0.392 e. The average molecular weight is 175 g/mol. The molecule has 0 bridgehead atoms. The number of rotatable bonds is 1. The highest BCUT2D eigenvalue weighted by molar-refractivity contribution is 5.28. The van der Waals surface area contributed by atoms with Gasteiger partial charge in [0, 0.05) is 0 Å². The smallest absolute Gasteiger partial charge is 0.392 e. The zero-order valence-electron chi connectivity index (χ0n) is 6.02. The van der Waals surface area contributed by atoms with Crippen molar-refractivity contribution in [3.63, 3.8) is 0 Å². The maximum atomic E-state index is 12.1. The molecule has 0 atom stereocenters. The summed E-state index contributed by atoms with van der Waals surface area (Å²) in [7, 11) is 0. The Bertz CT molecular complexity index is 267. The first-order valence-electron chi connectivity index (χ1n) is 3.22. The fourth-order valence-corrected chi connectivity index (χ4v) is 0.872. The molecule has 1 aromatic rings. The molecule has 0 aliphatic heterocycles. The van der Waals surface area contributed by atoms with Gasteiger partial charge in [0.2, 0.25) is 0 Å². The van der Waals surface area contributed by atoms with Crippen LogP contribution in [-0.2, 0) is 12.8 Å². The predicted molar refractivity (Wildman–Crippen MR) is 36.2 cm³/mol. The van der Waals surface area contributed by atoms with E-state index in [0.717, 1.165) is 12.1 Å². The maximum absolute atomic E-state index is 12.1. The largest absolute Gasteiger partial charge is 0.416 e. The summed E-state index contributed by atoms with van der Waals surface area (Å²) < 4.78 is 36.3. The first-order valence-corrected chi connectivity index (χ1v) is 3.22. The SMILES string of the molecule is OCc1c[c]ccc1C(F)(F)F. The molecule has 4 heteroatoms. The number of halogens is 3.